The molecule has 3 aromatic rings. The first kappa shape index (κ1) is 20.9. The molecule has 8 heteroatoms. The van der Waals surface area contributed by atoms with E-state index in [9.17, 15) is 9.59 Å². The van der Waals surface area contributed by atoms with Crippen LogP contribution in [0.2, 0.25) is 0 Å². The Hall–Kier alpha value is -3.78. The zero-order chi connectivity index (χ0) is 21.5. The number of carbonyl (C=O) groups is 2. The van der Waals surface area contributed by atoms with Gasteiger partial charge in [-0.15, -0.1) is 0 Å². The van der Waals surface area contributed by atoms with Crippen LogP contribution in [-0.4, -0.2) is 21.9 Å². The van der Waals surface area contributed by atoms with Gasteiger partial charge >= 0.3 is 0 Å². The molecule has 0 fully saturated rings. The minimum atomic E-state index is -0.626. The Bertz CT molecular complexity index is 1090. The molecule has 0 saturated carbocycles. The van der Waals surface area contributed by atoms with Gasteiger partial charge in [0.1, 0.15) is 17.2 Å². The largest absolute Gasteiger partial charge is 0.457 e. The number of aryl methyl sites for hydroxylation is 1. The number of aromatic nitrogens is 1. The van der Waals surface area contributed by atoms with E-state index in [4.69, 9.17) is 22.7 Å². The molecular weight excluding hydrogens is 400 g/mol. The van der Waals surface area contributed by atoms with Crippen molar-refractivity contribution in [3.8, 4) is 11.5 Å². The number of rotatable bonds is 6. The van der Waals surface area contributed by atoms with E-state index in [0.717, 1.165) is 16.8 Å². The summed E-state index contributed by atoms with van der Waals surface area (Å²) in [6.45, 7) is 1.88. The molecule has 0 unspecified atom stereocenters. The number of pyridine rings is 1. The van der Waals surface area contributed by atoms with Gasteiger partial charge in [-0.3, -0.25) is 14.6 Å². The van der Waals surface area contributed by atoms with Gasteiger partial charge in [-0.2, -0.15) is 0 Å². The van der Waals surface area contributed by atoms with Gasteiger partial charge in [0.05, 0.1) is 6.42 Å². The number of nitrogens with one attached hydrogen (secondary N) is 2. The van der Waals surface area contributed by atoms with Crippen molar-refractivity contribution in [3.05, 3.63) is 83.7 Å². The quantitative estimate of drug-likeness (QED) is 0.528. The second-order valence-corrected chi connectivity index (χ2v) is 6.89. The summed E-state index contributed by atoms with van der Waals surface area (Å²) in [7, 11) is 0. The number of nitrogens with zero attached hydrogens (tertiary/aromatic N) is 1. The number of nitrogens with two attached hydrogens (primary N) is 1. The third kappa shape index (κ3) is 5.86. The third-order valence-corrected chi connectivity index (χ3v) is 4.33. The summed E-state index contributed by atoms with van der Waals surface area (Å²) in [5.74, 6) is 0.194. The molecule has 0 aliphatic heterocycles. The van der Waals surface area contributed by atoms with Crippen LogP contribution < -0.4 is 21.1 Å². The maximum absolute atomic E-state index is 12.1. The Morgan fingerprint density at radius 3 is 2.50 bits per heavy atom. The van der Waals surface area contributed by atoms with Crippen molar-refractivity contribution < 1.29 is 14.3 Å². The van der Waals surface area contributed by atoms with E-state index in [1.54, 1.807) is 24.3 Å². The van der Waals surface area contributed by atoms with E-state index in [2.05, 4.69) is 15.6 Å². The Morgan fingerprint density at radius 2 is 1.80 bits per heavy atom. The molecule has 2 aromatic carbocycles. The lowest BCUT2D eigenvalue weighted by Gasteiger charge is -2.13. The number of ether oxygens (including phenoxy) is 1. The molecule has 1 heterocycles. The topological polar surface area (TPSA) is 106 Å². The lowest BCUT2D eigenvalue weighted by atomic mass is 10.1. The molecule has 0 atom stereocenters. The zero-order valence-electron chi connectivity index (χ0n) is 16.2. The van der Waals surface area contributed by atoms with Gasteiger partial charge in [-0.1, -0.05) is 30.3 Å². The van der Waals surface area contributed by atoms with Crippen molar-refractivity contribution in [2.45, 2.75) is 13.3 Å². The van der Waals surface area contributed by atoms with Crippen LogP contribution in [0.1, 0.15) is 21.6 Å². The van der Waals surface area contributed by atoms with Crippen LogP contribution in [0.4, 0.5) is 5.69 Å². The predicted octanol–water partition coefficient (Wildman–Crippen LogP) is 3.34. The molecule has 0 radical (unpaired) electrons. The maximum Gasteiger partial charge on any atom is 0.267 e. The minimum Gasteiger partial charge on any atom is -0.457 e. The summed E-state index contributed by atoms with van der Waals surface area (Å²) in [6, 6.07) is 17.9. The number of primary amides is 1. The fraction of sp³-hybridized carbons (Fsp3) is 0.0909. The number of amides is 2. The monoisotopic (exact) mass is 420 g/mol. The van der Waals surface area contributed by atoms with Crippen molar-refractivity contribution in [2.24, 2.45) is 5.73 Å². The van der Waals surface area contributed by atoms with Gasteiger partial charge in [0, 0.05) is 18.0 Å². The molecule has 4 N–H and O–H groups in total. The number of anilines is 1. The van der Waals surface area contributed by atoms with Crippen molar-refractivity contribution in [1.29, 1.82) is 0 Å². The molecule has 3 rings (SSSR count). The van der Waals surface area contributed by atoms with Crippen molar-refractivity contribution in [1.82, 2.24) is 10.3 Å². The molecular formula is C22H20N4O3S. The molecule has 30 heavy (non-hydrogen) atoms. The van der Waals surface area contributed by atoms with E-state index < -0.39 is 5.91 Å². The van der Waals surface area contributed by atoms with E-state index >= 15 is 0 Å². The summed E-state index contributed by atoms with van der Waals surface area (Å²) in [5, 5.41) is 5.91. The van der Waals surface area contributed by atoms with Gasteiger partial charge in [0.15, 0.2) is 5.11 Å². The fourth-order valence-corrected chi connectivity index (χ4v) is 2.91. The highest BCUT2D eigenvalue weighted by Gasteiger charge is 2.09. The van der Waals surface area contributed by atoms with Gasteiger partial charge in [-0.05, 0) is 54.5 Å². The van der Waals surface area contributed by atoms with E-state index in [0.29, 0.717) is 11.5 Å². The van der Waals surface area contributed by atoms with Crippen LogP contribution in [-0.2, 0) is 11.2 Å². The highest BCUT2D eigenvalue weighted by atomic mass is 32.1. The SMILES string of the molecule is Cc1cc(Oc2ccnc(C(N)=O)c2)ccc1NC(=S)NC(=O)Cc1ccccc1. The third-order valence-electron chi connectivity index (χ3n) is 4.13. The maximum atomic E-state index is 12.1. The second kappa shape index (κ2) is 9.62. The molecule has 0 saturated heterocycles. The van der Waals surface area contributed by atoms with Crippen LogP contribution in [0.5, 0.6) is 11.5 Å². The summed E-state index contributed by atoms with van der Waals surface area (Å²) >= 11 is 5.24. The van der Waals surface area contributed by atoms with Crippen molar-refractivity contribution >= 4 is 34.8 Å². The van der Waals surface area contributed by atoms with Gasteiger partial charge < -0.3 is 21.1 Å². The van der Waals surface area contributed by atoms with E-state index in [-0.39, 0.29) is 23.1 Å². The van der Waals surface area contributed by atoms with Gasteiger partial charge in [-0.25, -0.2) is 0 Å². The second-order valence-electron chi connectivity index (χ2n) is 6.48. The van der Waals surface area contributed by atoms with Crippen LogP contribution in [0.25, 0.3) is 0 Å². The molecule has 0 bridgehead atoms. The highest BCUT2D eigenvalue weighted by Crippen LogP contribution is 2.26. The predicted molar refractivity (Wildman–Crippen MR) is 119 cm³/mol. The Morgan fingerprint density at radius 1 is 1.07 bits per heavy atom. The van der Waals surface area contributed by atoms with E-state index in [1.165, 1.54) is 12.3 Å². The van der Waals surface area contributed by atoms with Crippen LogP contribution in [0.3, 0.4) is 0 Å². The summed E-state index contributed by atoms with van der Waals surface area (Å²) in [6.07, 6.45) is 1.70. The smallest absolute Gasteiger partial charge is 0.267 e. The molecule has 0 aliphatic carbocycles. The highest BCUT2D eigenvalue weighted by molar-refractivity contribution is 7.80. The average molecular weight is 420 g/mol. The average Bonchev–Trinajstić information content (AvgIpc) is 2.71. The molecule has 7 nitrogen and oxygen atoms in total. The van der Waals surface area contributed by atoms with E-state index in [1.807, 2.05) is 37.3 Å². The van der Waals surface area contributed by atoms with Gasteiger partial charge in [0.2, 0.25) is 5.91 Å². The fourth-order valence-electron chi connectivity index (χ4n) is 2.69. The van der Waals surface area contributed by atoms with Crippen LogP contribution in [0.15, 0.2) is 66.9 Å². The lowest BCUT2D eigenvalue weighted by Crippen LogP contribution is -2.35. The Balaban J connectivity index is 1.59. The molecule has 152 valence electrons. The first-order valence-corrected chi connectivity index (χ1v) is 9.50. The Kier molecular flexibility index (Phi) is 6.71. The first-order chi connectivity index (χ1) is 14.4. The number of benzene rings is 2. The number of thiocarbonyl (C=S) groups is 1. The number of hydrogen-bond donors (Lipinski definition) is 3. The molecule has 1 aromatic heterocycles. The first-order valence-electron chi connectivity index (χ1n) is 9.10. The lowest BCUT2D eigenvalue weighted by molar-refractivity contribution is -0.119. The minimum absolute atomic E-state index is 0.124. The standard InChI is InChI=1S/C22H20N4O3S/c1-14-11-16(29-17-9-10-24-19(13-17)21(23)28)7-8-18(14)25-22(30)26-20(27)12-15-5-3-2-4-6-15/h2-11,13H,12H2,1H3,(H2,23,28)(H2,25,26,27,30). The molecule has 0 spiro atoms. The summed E-state index contributed by atoms with van der Waals surface area (Å²) < 4.78 is 5.76. The van der Waals surface area contributed by atoms with Crippen LogP contribution in [0, 0.1) is 6.92 Å². The summed E-state index contributed by atoms with van der Waals surface area (Å²) in [5.41, 5.74) is 7.86. The van der Waals surface area contributed by atoms with Crippen molar-refractivity contribution in [2.75, 3.05) is 5.32 Å². The van der Waals surface area contributed by atoms with Crippen molar-refractivity contribution in [3.63, 3.8) is 0 Å². The number of hydrogen-bond acceptors (Lipinski definition) is 5. The number of carbonyl (C=O) groups excluding carboxylic acids is 2. The van der Waals surface area contributed by atoms with Gasteiger partial charge in [0.25, 0.3) is 5.91 Å². The van der Waals surface area contributed by atoms with Crippen LogP contribution >= 0.6 is 12.2 Å². The molecule has 0 aliphatic rings. The summed E-state index contributed by atoms with van der Waals surface area (Å²) in [4.78, 5) is 27.3. The normalized spacial score (nSPS) is 10.2. The molecule has 2 amide bonds. The zero-order valence-corrected chi connectivity index (χ0v) is 17.0. The Labute approximate surface area is 179 Å².